The van der Waals surface area contributed by atoms with Crippen LogP contribution in [0.25, 0.3) is 0 Å². The van der Waals surface area contributed by atoms with Crippen LogP contribution in [0.15, 0.2) is 11.6 Å². The Hall–Kier alpha value is -0.380. The number of allylic oxidation sites excluding steroid dienone is 1. The highest BCUT2D eigenvalue weighted by molar-refractivity contribution is 5.32. The SMILES string of the molecule is CC1(C)[C@H]2CC[C@@]3(C)C(=CCC[C@@H]3O)[C@]2(C)CCC12OCCO2. The predicted octanol–water partition coefficient (Wildman–Crippen LogP) is 4.05. The van der Waals surface area contributed by atoms with E-state index in [9.17, 15) is 5.11 Å². The van der Waals surface area contributed by atoms with Crippen LogP contribution in [0.3, 0.4) is 0 Å². The fraction of sp³-hybridized carbons (Fsp3) is 0.900. The molecule has 3 nitrogen and oxygen atoms in total. The molecule has 1 N–H and O–H groups in total. The van der Waals surface area contributed by atoms with Gasteiger partial charge in [0.2, 0.25) is 0 Å². The van der Waals surface area contributed by atoms with Crippen molar-refractivity contribution < 1.29 is 14.6 Å². The fourth-order valence-corrected chi connectivity index (χ4v) is 6.70. The van der Waals surface area contributed by atoms with Crippen LogP contribution in [-0.2, 0) is 9.47 Å². The molecule has 0 unspecified atom stereocenters. The van der Waals surface area contributed by atoms with Crippen LogP contribution in [0.1, 0.15) is 66.2 Å². The predicted molar refractivity (Wildman–Crippen MR) is 89.9 cm³/mol. The van der Waals surface area contributed by atoms with Crippen LogP contribution in [-0.4, -0.2) is 30.2 Å². The first kappa shape index (κ1) is 16.1. The van der Waals surface area contributed by atoms with Crippen molar-refractivity contribution in [2.24, 2.45) is 22.2 Å². The molecular formula is C20H32O3. The highest BCUT2D eigenvalue weighted by Crippen LogP contribution is 2.68. The molecule has 4 aliphatic rings. The lowest BCUT2D eigenvalue weighted by Crippen LogP contribution is -2.62. The molecule has 130 valence electrons. The lowest BCUT2D eigenvalue weighted by Gasteiger charge is -2.64. The maximum absolute atomic E-state index is 10.7. The molecule has 1 saturated heterocycles. The minimum Gasteiger partial charge on any atom is -0.392 e. The molecule has 0 aromatic carbocycles. The third-order valence-electron chi connectivity index (χ3n) is 8.06. The van der Waals surface area contributed by atoms with Gasteiger partial charge in [-0.05, 0) is 43.4 Å². The molecule has 0 amide bonds. The Morgan fingerprint density at radius 3 is 2.35 bits per heavy atom. The van der Waals surface area contributed by atoms with Gasteiger partial charge >= 0.3 is 0 Å². The summed E-state index contributed by atoms with van der Waals surface area (Å²) in [7, 11) is 0. The minimum atomic E-state index is -0.390. The Bertz CT molecular complexity index is 531. The van der Waals surface area contributed by atoms with Crippen molar-refractivity contribution in [1.29, 1.82) is 0 Å². The van der Waals surface area contributed by atoms with Crippen molar-refractivity contribution >= 4 is 0 Å². The molecule has 0 bridgehead atoms. The van der Waals surface area contributed by atoms with Crippen molar-refractivity contribution in [2.45, 2.75) is 78.1 Å². The zero-order chi connectivity index (χ0) is 16.5. The van der Waals surface area contributed by atoms with Crippen LogP contribution < -0.4 is 0 Å². The summed E-state index contributed by atoms with van der Waals surface area (Å²) < 4.78 is 12.4. The second-order valence-electron chi connectivity index (χ2n) is 9.31. The number of hydrogen-bond acceptors (Lipinski definition) is 3. The standard InChI is InChI=1S/C20H32O3/c1-17(2)14-8-9-19(4)15(6-5-7-16(19)21)18(14,3)10-11-20(17)22-12-13-23-20/h6,14,16,21H,5,7-13H2,1-4H3/t14-,16+,18-,19+/m1/s1. The molecule has 3 heteroatoms. The van der Waals surface area contributed by atoms with Gasteiger partial charge in [0, 0.05) is 17.3 Å². The molecule has 0 aromatic heterocycles. The summed E-state index contributed by atoms with van der Waals surface area (Å²) in [6.07, 6.45) is 8.53. The van der Waals surface area contributed by atoms with E-state index in [2.05, 4.69) is 33.8 Å². The van der Waals surface area contributed by atoms with Crippen molar-refractivity contribution in [3.63, 3.8) is 0 Å². The molecule has 2 saturated carbocycles. The van der Waals surface area contributed by atoms with E-state index in [0.29, 0.717) is 5.92 Å². The maximum Gasteiger partial charge on any atom is 0.173 e. The first-order valence-electron chi connectivity index (χ1n) is 9.43. The van der Waals surface area contributed by atoms with Crippen LogP contribution >= 0.6 is 0 Å². The highest BCUT2D eigenvalue weighted by Gasteiger charge is 2.66. The molecule has 3 aliphatic carbocycles. The maximum atomic E-state index is 10.7. The normalized spacial score (nSPS) is 47.8. The smallest absolute Gasteiger partial charge is 0.173 e. The van der Waals surface area contributed by atoms with Gasteiger partial charge in [-0.15, -0.1) is 0 Å². The quantitative estimate of drug-likeness (QED) is 0.684. The summed E-state index contributed by atoms with van der Waals surface area (Å²) in [5, 5.41) is 10.7. The fourth-order valence-electron chi connectivity index (χ4n) is 6.70. The Morgan fingerprint density at radius 2 is 1.65 bits per heavy atom. The summed E-state index contributed by atoms with van der Waals surface area (Å²) in [5.74, 6) is 0.158. The van der Waals surface area contributed by atoms with Gasteiger partial charge in [-0.3, -0.25) is 0 Å². The average molecular weight is 320 g/mol. The first-order valence-corrected chi connectivity index (χ1v) is 9.43. The summed E-state index contributed by atoms with van der Waals surface area (Å²) in [6, 6.07) is 0. The number of hydrogen-bond donors (Lipinski definition) is 1. The van der Waals surface area contributed by atoms with Gasteiger partial charge in [0.1, 0.15) is 0 Å². The van der Waals surface area contributed by atoms with Gasteiger partial charge in [0.15, 0.2) is 5.79 Å². The molecule has 0 radical (unpaired) electrons. The number of ether oxygens (including phenoxy) is 2. The van der Waals surface area contributed by atoms with Crippen molar-refractivity contribution in [3.05, 3.63) is 11.6 Å². The number of aliphatic hydroxyl groups is 1. The van der Waals surface area contributed by atoms with Gasteiger partial charge < -0.3 is 14.6 Å². The summed E-state index contributed by atoms with van der Waals surface area (Å²) in [4.78, 5) is 0. The third kappa shape index (κ3) is 1.88. The number of aliphatic hydroxyl groups excluding tert-OH is 1. The summed E-state index contributed by atoms with van der Waals surface area (Å²) >= 11 is 0. The van der Waals surface area contributed by atoms with E-state index in [0.717, 1.165) is 51.7 Å². The number of fused-ring (bicyclic) bond motifs is 3. The molecule has 4 rings (SSSR count). The Balaban J connectivity index is 1.77. The average Bonchev–Trinajstić information content (AvgIpc) is 2.97. The van der Waals surface area contributed by atoms with Gasteiger partial charge in [-0.2, -0.15) is 0 Å². The van der Waals surface area contributed by atoms with Crippen LogP contribution in [0.5, 0.6) is 0 Å². The van der Waals surface area contributed by atoms with E-state index >= 15 is 0 Å². The molecule has 1 spiro atoms. The molecule has 3 fully saturated rings. The third-order valence-corrected chi connectivity index (χ3v) is 8.06. The van der Waals surface area contributed by atoms with Crippen molar-refractivity contribution in [2.75, 3.05) is 13.2 Å². The minimum absolute atomic E-state index is 0.00106. The van der Waals surface area contributed by atoms with Crippen LogP contribution in [0, 0.1) is 22.2 Å². The molecule has 1 aliphatic heterocycles. The van der Waals surface area contributed by atoms with E-state index in [-0.39, 0.29) is 22.3 Å². The zero-order valence-corrected chi connectivity index (χ0v) is 15.2. The van der Waals surface area contributed by atoms with E-state index in [1.807, 2.05) is 0 Å². The van der Waals surface area contributed by atoms with E-state index < -0.39 is 5.79 Å². The van der Waals surface area contributed by atoms with Crippen molar-refractivity contribution in [3.8, 4) is 0 Å². The van der Waals surface area contributed by atoms with E-state index in [1.54, 1.807) is 0 Å². The zero-order valence-electron chi connectivity index (χ0n) is 15.2. The second kappa shape index (κ2) is 4.83. The Morgan fingerprint density at radius 1 is 0.957 bits per heavy atom. The first-order chi connectivity index (χ1) is 10.8. The van der Waals surface area contributed by atoms with E-state index in [4.69, 9.17) is 9.47 Å². The topological polar surface area (TPSA) is 38.7 Å². The number of rotatable bonds is 0. The van der Waals surface area contributed by atoms with Gasteiger partial charge in [-0.25, -0.2) is 0 Å². The molecule has 23 heavy (non-hydrogen) atoms. The second-order valence-corrected chi connectivity index (χ2v) is 9.31. The lowest BCUT2D eigenvalue weighted by atomic mass is 9.42. The highest BCUT2D eigenvalue weighted by atomic mass is 16.7. The van der Waals surface area contributed by atoms with Crippen molar-refractivity contribution in [1.82, 2.24) is 0 Å². The van der Waals surface area contributed by atoms with Gasteiger partial charge in [0.05, 0.1) is 19.3 Å². The largest absolute Gasteiger partial charge is 0.392 e. The van der Waals surface area contributed by atoms with Gasteiger partial charge in [0.25, 0.3) is 0 Å². The van der Waals surface area contributed by atoms with E-state index in [1.165, 1.54) is 5.57 Å². The molecule has 4 atom stereocenters. The molecular weight excluding hydrogens is 288 g/mol. The lowest BCUT2D eigenvalue weighted by molar-refractivity contribution is -0.286. The molecule has 0 aromatic rings. The Kier molecular flexibility index (Phi) is 3.38. The van der Waals surface area contributed by atoms with Crippen LogP contribution in [0.4, 0.5) is 0 Å². The molecule has 1 heterocycles. The van der Waals surface area contributed by atoms with Gasteiger partial charge in [-0.1, -0.05) is 39.3 Å². The summed E-state index contributed by atoms with van der Waals surface area (Å²) in [5.41, 5.74) is 1.67. The Labute approximate surface area is 140 Å². The van der Waals surface area contributed by atoms with Crippen LogP contribution in [0.2, 0.25) is 0 Å². The monoisotopic (exact) mass is 320 g/mol. The summed E-state index contributed by atoms with van der Waals surface area (Å²) in [6.45, 7) is 10.9.